The van der Waals surface area contributed by atoms with Crippen LogP contribution in [0.15, 0.2) is 16.5 Å². The Bertz CT molecular complexity index is 315. The van der Waals surface area contributed by atoms with Crippen LogP contribution >= 0.6 is 0 Å². The lowest BCUT2D eigenvalue weighted by Gasteiger charge is -2.28. The van der Waals surface area contributed by atoms with Crippen molar-refractivity contribution >= 4 is 0 Å². The van der Waals surface area contributed by atoms with Crippen molar-refractivity contribution in [3.05, 3.63) is 23.7 Å². The van der Waals surface area contributed by atoms with Gasteiger partial charge in [-0.25, -0.2) is 0 Å². The fourth-order valence-electron chi connectivity index (χ4n) is 2.41. The van der Waals surface area contributed by atoms with Crippen molar-refractivity contribution in [3.8, 4) is 0 Å². The lowest BCUT2D eigenvalue weighted by molar-refractivity contribution is 0.0516. The quantitative estimate of drug-likeness (QED) is 0.851. The molecule has 0 saturated carbocycles. The van der Waals surface area contributed by atoms with E-state index in [1.54, 1.807) is 0 Å². The molecule has 1 aromatic heterocycles. The summed E-state index contributed by atoms with van der Waals surface area (Å²) in [5.41, 5.74) is 0. The standard InChI is InChI=1S/C13H21NO2/c1-3-11-4-5-12(16-11)13(14-2)10-6-8-15-9-7-10/h4-5,10,13-14H,3,6-9H2,1-2H3. The van der Waals surface area contributed by atoms with E-state index in [-0.39, 0.29) is 0 Å². The molecule has 1 N–H and O–H groups in total. The zero-order valence-electron chi connectivity index (χ0n) is 10.2. The predicted molar refractivity (Wildman–Crippen MR) is 63.4 cm³/mol. The Kier molecular flexibility index (Phi) is 4.02. The van der Waals surface area contributed by atoms with Gasteiger partial charge in [0.15, 0.2) is 0 Å². The molecule has 0 amide bonds. The average molecular weight is 223 g/mol. The van der Waals surface area contributed by atoms with Gasteiger partial charge in [-0.3, -0.25) is 0 Å². The Morgan fingerprint density at radius 3 is 2.69 bits per heavy atom. The average Bonchev–Trinajstić information content (AvgIpc) is 2.80. The van der Waals surface area contributed by atoms with Gasteiger partial charge in [0, 0.05) is 19.6 Å². The molecule has 0 radical (unpaired) electrons. The third-order valence-corrected chi connectivity index (χ3v) is 3.39. The molecule has 1 unspecified atom stereocenters. The Balaban J connectivity index is 2.08. The van der Waals surface area contributed by atoms with Gasteiger partial charge in [-0.2, -0.15) is 0 Å². The number of hydrogen-bond donors (Lipinski definition) is 1. The van der Waals surface area contributed by atoms with Crippen LogP contribution in [0.3, 0.4) is 0 Å². The van der Waals surface area contributed by atoms with E-state index in [0.29, 0.717) is 12.0 Å². The summed E-state index contributed by atoms with van der Waals surface area (Å²) >= 11 is 0. The van der Waals surface area contributed by atoms with Gasteiger partial charge in [-0.05, 0) is 37.9 Å². The second kappa shape index (κ2) is 5.51. The number of nitrogens with one attached hydrogen (secondary N) is 1. The fraction of sp³-hybridized carbons (Fsp3) is 0.692. The van der Waals surface area contributed by atoms with Crippen molar-refractivity contribution in [2.24, 2.45) is 5.92 Å². The molecule has 1 fully saturated rings. The topological polar surface area (TPSA) is 34.4 Å². The van der Waals surface area contributed by atoms with Gasteiger partial charge in [0.05, 0.1) is 6.04 Å². The molecule has 0 aromatic carbocycles. The van der Waals surface area contributed by atoms with E-state index in [0.717, 1.165) is 44.0 Å². The maximum absolute atomic E-state index is 5.84. The lowest BCUT2D eigenvalue weighted by atomic mass is 9.90. The molecule has 1 atom stereocenters. The molecule has 90 valence electrons. The van der Waals surface area contributed by atoms with Crippen LogP contribution in [0.2, 0.25) is 0 Å². The third kappa shape index (κ3) is 2.47. The van der Waals surface area contributed by atoms with E-state index in [2.05, 4.69) is 24.4 Å². The summed E-state index contributed by atoms with van der Waals surface area (Å²) in [4.78, 5) is 0. The van der Waals surface area contributed by atoms with Crippen molar-refractivity contribution < 1.29 is 9.15 Å². The van der Waals surface area contributed by atoms with Crippen LogP contribution < -0.4 is 5.32 Å². The minimum absolute atomic E-state index is 0.337. The lowest BCUT2D eigenvalue weighted by Crippen LogP contribution is -2.29. The van der Waals surface area contributed by atoms with Gasteiger partial charge < -0.3 is 14.5 Å². The van der Waals surface area contributed by atoms with Crippen molar-refractivity contribution in [3.63, 3.8) is 0 Å². The van der Waals surface area contributed by atoms with Gasteiger partial charge in [0.2, 0.25) is 0 Å². The summed E-state index contributed by atoms with van der Waals surface area (Å²) in [5.74, 6) is 2.78. The normalized spacial score (nSPS) is 19.9. The zero-order valence-corrected chi connectivity index (χ0v) is 10.2. The molecule has 2 rings (SSSR count). The van der Waals surface area contributed by atoms with Gasteiger partial charge >= 0.3 is 0 Å². The van der Waals surface area contributed by atoms with Crippen LogP contribution in [0.4, 0.5) is 0 Å². The SMILES string of the molecule is CCc1ccc(C(NC)C2CCOCC2)o1. The van der Waals surface area contributed by atoms with Crippen molar-refractivity contribution in [1.82, 2.24) is 5.32 Å². The molecule has 1 aliphatic heterocycles. The molecule has 0 spiro atoms. The number of hydrogen-bond acceptors (Lipinski definition) is 3. The van der Waals surface area contributed by atoms with E-state index in [1.165, 1.54) is 0 Å². The first-order chi connectivity index (χ1) is 7.85. The number of rotatable bonds is 4. The van der Waals surface area contributed by atoms with Crippen LogP contribution in [-0.2, 0) is 11.2 Å². The van der Waals surface area contributed by atoms with Crippen LogP contribution in [-0.4, -0.2) is 20.3 Å². The maximum Gasteiger partial charge on any atom is 0.121 e. The first-order valence-corrected chi connectivity index (χ1v) is 6.18. The molecular formula is C13H21NO2. The van der Waals surface area contributed by atoms with Crippen molar-refractivity contribution in [2.45, 2.75) is 32.2 Å². The van der Waals surface area contributed by atoms with Crippen LogP contribution in [0.5, 0.6) is 0 Å². The molecule has 1 aromatic rings. The van der Waals surface area contributed by atoms with E-state index in [1.807, 2.05) is 7.05 Å². The Morgan fingerprint density at radius 2 is 2.12 bits per heavy atom. The predicted octanol–water partition coefficient (Wildman–Crippen LogP) is 2.53. The molecule has 0 aliphatic carbocycles. The number of ether oxygens (including phenoxy) is 1. The highest BCUT2D eigenvalue weighted by Crippen LogP contribution is 2.30. The summed E-state index contributed by atoms with van der Waals surface area (Å²) in [6, 6.07) is 4.53. The van der Waals surface area contributed by atoms with Gasteiger partial charge in [-0.15, -0.1) is 0 Å². The Morgan fingerprint density at radius 1 is 1.38 bits per heavy atom. The Hall–Kier alpha value is -0.800. The highest BCUT2D eigenvalue weighted by molar-refractivity contribution is 5.12. The van der Waals surface area contributed by atoms with Crippen LogP contribution in [0, 0.1) is 5.92 Å². The molecular weight excluding hydrogens is 202 g/mol. The fourth-order valence-corrected chi connectivity index (χ4v) is 2.41. The first-order valence-electron chi connectivity index (χ1n) is 6.18. The molecule has 2 heterocycles. The number of furan rings is 1. The smallest absolute Gasteiger partial charge is 0.121 e. The molecule has 1 saturated heterocycles. The molecule has 3 heteroatoms. The zero-order chi connectivity index (χ0) is 11.4. The second-order valence-corrected chi connectivity index (χ2v) is 4.37. The molecule has 1 aliphatic rings. The summed E-state index contributed by atoms with van der Waals surface area (Å²) in [6.45, 7) is 3.87. The second-order valence-electron chi connectivity index (χ2n) is 4.37. The van der Waals surface area contributed by atoms with Gasteiger partial charge in [0.1, 0.15) is 11.5 Å². The van der Waals surface area contributed by atoms with Gasteiger partial charge in [0.25, 0.3) is 0 Å². The van der Waals surface area contributed by atoms with Crippen molar-refractivity contribution in [2.75, 3.05) is 20.3 Å². The molecule has 16 heavy (non-hydrogen) atoms. The highest BCUT2D eigenvalue weighted by Gasteiger charge is 2.26. The highest BCUT2D eigenvalue weighted by atomic mass is 16.5. The van der Waals surface area contributed by atoms with Crippen LogP contribution in [0.25, 0.3) is 0 Å². The van der Waals surface area contributed by atoms with Crippen LogP contribution in [0.1, 0.15) is 37.3 Å². The summed E-state index contributed by atoms with van der Waals surface area (Å²) in [5, 5.41) is 3.38. The first kappa shape index (κ1) is 11.7. The Labute approximate surface area is 97.2 Å². The summed E-state index contributed by atoms with van der Waals surface area (Å²) < 4.78 is 11.2. The molecule has 0 bridgehead atoms. The van der Waals surface area contributed by atoms with E-state index >= 15 is 0 Å². The molecule has 3 nitrogen and oxygen atoms in total. The number of aryl methyl sites for hydroxylation is 1. The minimum Gasteiger partial charge on any atom is -0.464 e. The maximum atomic E-state index is 5.84. The third-order valence-electron chi connectivity index (χ3n) is 3.39. The van der Waals surface area contributed by atoms with E-state index < -0.39 is 0 Å². The van der Waals surface area contributed by atoms with Crippen molar-refractivity contribution in [1.29, 1.82) is 0 Å². The van der Waals surface area contributed by atoms with Gasteiger partial charge in [-0.1, -0.05) is 6.92 Å². The largest absolute Gasteiger partial charge is 0.464 e. The minimum atomic E-state index is 0.337. The summed E-state index contributed by atoms with van der Waals surface area (Å²) in [7, 11) is 2.01. The monoisotopic (exact) mass is 223 g/mol. The summed E-state index contributed by atoms with van der Waals surface area (Å²) in [6.07, 6.45) is 3.20. The van der Waals surface area contributed by atoms with E-state index in [9.17, 15) is 0 Å². The van der Waals surface area contributed by atoms with E-state index in [4.69, 9.17) is 9.15 Å².